The van der Waals surface area contributed by atoms with Crippen LogP contribution in [0.25, 0.3) is 0 Å². The molecule has 2 rings (SSSR count). The fraction of sp³-hybridized carbons (Fsp3) is 0.348. The van der Waals surface area contributed by atoms with Crippen molar-refractivity contribution in [3.8, 4) is 0 Å². The smallest absolute Gasteiger partial charge is 0.375 e. The number of amides is 1. The number of benzene rings is 2. The van der Waals surface area contributed by atoms with E-state index in [4.69, 9.17) is 16.3 Å². The quantitative estimate of drug-likeness (QED) is 0.307. The summed E-state index contributed by atoms with van der Waals surface area (Å²) in [5.41, 5.74) is 0.0535. The van der Waals surface area contributed by atoms with Gasteiger partial charge in [0, 0.05) is 10.7 Å². The van der Waals surface area contributed by atoms with Gasteiger partial charge in [-0.15, -0.1) is 0 Å². The highest BCUT2D eigenvalue weighted by Crippen LogP contribution is 2.24. The summed E-state index contributed by atoms with van der Waals surface area (Å²) in [6, 6.07) is 12.5. The molecular formula is C23H27ClN2O6S. The number of rotatable bonds is 10. The average Bonchev–Trinajstić information content (AvgIpc) is 2.77. The zero-order valence-corrected chi connectivity index (χ0v) is 20.5. The van der Waals surface area contributed by atoms with Crippen LogP contribution in [0.5, 0.6) is 0 Å². The number of anilines is 1. The number of carbonyl (C=O) groups is 3. The van der Waals surface area contributed by atoms with Gasteiger partial charge in [-0.1, -0.05) is 36.7 Å². The van der Waals surface area contributed by atoms with Gasteiger partial charge in [-0.3, -0.25) is 9.59 Å². The third kappa shape index (κ3) is 7.38. The second kappa shape index (κ2) is 10.9. The fourth-order valence-electron chi connectivity index (χ4n) is 2.76. The number of Topliss-reactive ketones (excluding diaryl/α,β-unsaturated/α-hetero) is 1. The van der Waals surface area contributed by atoms with Crippen LogP contribution in [0.2, 0.25) is 5.02 Å². The molecule has 1 amide bonds. The van der Waals surface area contributed by atoms with Gasteiger partial charge in [0.15, 0.2) is 0 Å². The molecule has 0 unspecified atom stereocenters. The lowest BCUT2D eigenvalue weighted by Gasteiger charge is -2.25. The molecule has 0 heterocycles. The lowest BCUT2D eigenvalue weighted by atomic mass is 10.1. The predicted molar refractivity (Wildman–Crippen MR) is 125 cm³/mol. The van der Waals surface area contributed by atoms with Crippen LogP contribution in [-0.2, 0) is 35.7 Å². The van der Waals surface area contributed by atoms with Crippen LogP contribution < -0.4 is 9.62 Å². The normalized spacial score (nSPS) is 11.7. The molecule has 0 spiro atoms. The first-order valence-corrected chi connectivity index (χ1v) is 12.1. The molecule has 0 aliphatic heterocycles. The number of esters is 1. The van der Waals surface area contributed by atoms with E-state index in [-0.39, 0.29) is 17.1 Å². The van der Waals surface area contributed by atoms with Gasteiger partial charge < -0.3 is 9.64 Å². The Hall–Kier alpha value is -2.75. The number of nitrogens with one attached hydrogen (secondary N) is 1. The summed E-state index contributed by atoms with van der Waals surface area (Å²) >= 11 is 6.05. The molecule has 8 nitrogen and oxygen atoms in total. The van der Waals surface area contributed by atoms with E-state index in [9.17, 15) is 22.8 Å². The van der Waals surface area contributed by atoms with Gasteiger partial charge in [0.05, 0.1) is 17.9 Å². The predicted octanol–water partition coefficient (Wildman–Crippen LogP) is 3.47. The Morgan fingerprint density at radius 1 is 1.09 bits per heavy atom. The minimum absolute atomic E-state index is 0.00519. The molecule has 0 radical (unpaired) electrons. The Bertz CT molecular complexity index is 1150. The Morgan fingerprint density at radius 2 is 1.76 bits per heavy atom. The third-order valence-electron chi connectivity index (χ3n) is 5.00. The Morgan fingerprint density at radius 3 is 2.36 bits per heavy atom. The van der Waals surface area contributed by atoms with Gasteiger partial charge >= 0.3 is 5.97 Å². The fourth-order valence-corrected chi connectivity index (χ4v) is 3.74. The molecule has 0 saturated heterocycles. The number of halogens is 1. The van der Waals surface area contributed by atoms with Crippen LogP contribution in [0.4, 0.5) is 5.69 Å². The number of nitrogens with zero attached hydrogens (tertiary/aromatic N) is 1. The third-order valence-corrected chi connectivity index (χ3v) is 6.65. The van der Waals surface area contributed by atoms with Crippen LogP contribution in [-0.4, -0.2) is 38.7 Å². The molecule has 0 aliphatic carbocycles. The van der Waals surface area contributed by atoms with Crippen LogP contribution in [0.15, 0.2) is 53.4 Å². The largest absolute Gasteiger partial charge is 0.454 e. The highest BCUT2D eigenvalue weighted by molar-refractivity contribution is 7.89. The topological polar surface area (TPSA) is 110 Å². The molecule has 0 atom stereocenters. The van der Waals surface area contributed by atoms with E-state index in [1.807, 2.05) is 6.92 Å². The second-order valence-corrected chi connectivity index (χ2v) is 10.2. The van der Waals surface area contributed by atoms with Gasteiger partial charge in [-0.25, -0.2) is 17.9 Å². The average molecular weight is 495 g/mol. The van der Waals surface area contributed by atoms with Crippen molar-refractivity contribution < 1.29 is 27.5 Å². The van der Waals surface area contributed by atoms with Crippen LogP contribution in [0, 0.1) is 0 Å². The standard InChI is InChI=1S/C23H27ClN2O6S/c1-5-23(2,3)32-22(29)20(27)14-21(28)26(15-16-8-6-9-17(24)12-16)18-10-7-11-19(13-18)33(30,31)25-4/h6-13,25H,5,14-15H2,1-4H3. The van der Waals surface area contributed by atoms with Crippen molar-refractivity contribution in [2.45, 2.75) is 50.7 Å². The molecule has 0 saturated carbocycles. The van der Waals surface area contributed by atoms with Crippen molar-refractivity contribution in [3.63, 3.8) is 0 Å². The summed E-state index contributed by atoms with van der Waals surface area (Å²) in [5.74, 6) is -2.77. The van der Waals surface area contributed by atoms with E-state index >= 15 is 0 Å². The summed E-state index contributed by atoms with van der Waals surface area (Å²) in [6.07, 6.45) is -0.240. The summed E-state index contributed by atoms with van der Waals surface area (Å²) in [4.78, 5) is 38.9. The molecule has 2 aromatic carbocycles. The Balaban J connectivity index is 2.37. The monoisotopic (exact) mass is 494 g/mol. The van der Waals surface area contributed by atoms with Gasteiger partial charge in [0.25, 0.3) is 0 Å². The summed E-state index contributed by atoms with van der Waals surface area (Å²) in [5, 5.41) is 0.452. The first-order valence-electron chi connectivity index (χ1n) is 10.2. The van der Waals surface area contributed by atoms with Crippen molar-refractivity contribution in [1.29, 1.82) is 0 Å². The molecule has 10 heteroatoms. The maximum absolute atomic E-state index is 13.1. The minimum atomic E-state index is -3.77. The number of hydrogen-bond donors (Lipinski definition) is 1. The SMILES string of the molecule is CCC(C)(C)OC(=O)C(=O)CC(=O)N(Cc1cccc(Cl)c1)c1cccc(S(=O)(=O)NC)c1. The van der Waals surface area contributed by atoms with Gasteiger partial charge in [0.1, 0.15) is 5.60 Å². The number of hydrogen-bond acceptors (Lipinski definition) is 6. The van der Waals surface area contributed by atoms with Crippen LogP contribution in [0.3, 0.4) is 0 Å². The molecule has 178 valence electrons. The first kappa shape index (κ1) is 26.5. The maximum atomic E-state index is 13.1. The first-order chi connectivity index (χ1) is 15.4. The molecule has 0 bridgehead atoms. The van der Waals surface area contributed by atoms with Crippen molar-refractivity contribution in [2.75, 3.05) is 11.9 Å². The lowest BCUT2D eigenvalue weighted by molar-refractivity contribution is -0.164. The highest BCUT2D eigenvalue weighted by Gasteiger charge is 2.29. The Labute approximate surface area is 198 Å². The summed E-state index contributed by atoms with van der Waals surface area (Å²) in [6.45, 7) is 5.14. The molecule has 2 aromatic rings. The molecule has 0 aromatic heterocycles. The number of ketones is 1. The summed E-state index contributed by atoms with van der Waals surface area (Å²) in [7, 11) is -2.49. The van der Waals surface area contributed by atoms with E-state index < -0.39 is 39.7 Å². The molecule has 33 heavy (non-hydrogen) atoms. The summed E-state index contributed by atoms with van der Waals surface area (Å²) < 4.78 is 31.9. The minimum Gasteiger partial charge on any atom is -0.454 e. The zero-order valence-electron chi connectivity index (χ0n) is 18.9. The van der Waals surface area contributed by atoms with Crippen molar-refractivity contribution >= 4 is 45.0 Å². The van der Waals surface area contributed by atoms with Gasteiger partial charge in [-0.2, -0.15) is 0 Å². The van der Waals surface area contributed by atoms with Crippen molar-refractivity contribution in [2.24, 2.45) is 0 Å². The number of carbonyl (C=O) groups excluding carboxylic acids is 3. The molecule has 0 fully saturated rings. The van der Waals surface area contributed by atoms with E-state index in [1.165, 1.54) is 30.1 Å². The van der Waals surface area contributed by atoms with Crippen LogP contribution in [0.1, 0.15) is 39.2 Å². The van der Waals surface area contributed by atoms with E-state index in [1.54, 1.807) is 44.2 Å². The molecule has 1 N–H and O–H groups in total. The zero-order chi connectivity index (χ0) is 24.8. The van der Waals surface area contributed by atoms with Gasteiger partial charge in [0.2, 0.25) is 21.7 Å². The number of ether oxygens (including phenoxy) is 1. The Kier molecular flexibility index (Phi) is 8.76. The molecule has 0 aliphatic rings. The van der Waals surface area contributed by atoms with Gasteiger partial charge in [-0.05, 0) is 63.2 Å². The highest BCUT2D eigenvalue weighted by atomic mass is 35.5. The number of sulfonamides is 1. The van der Waals surface area contributed by atoms with Crippen LogP contribution >= 0.6 is 11.6 Å². The maximum Gasteiger partial charge on any atom is 0.375 e. The van der Waals surface area contributed by atoms with Crippen molar-refractivity contribution in [1.82, 2.24) is 4.72 Å². The van der Waals surface area contributed by atoms with E-state index in [2.05, 4.69) is 4.72 Å². The van der Waals surface area contributed by atoms with E-state index in [0.717, 1.165) is 0 Å². The van der Waals surface area contributed by atoms with E-state index in [0.29, 0.717) is 17.0 Å². The second-order valence-electron chi connectivity index (χ2n) is 7.92. The van der Waals surface area contributed by atoms with Crippen molar-refractivity contribution in [3.05, 3.63) is 59.1 Å². The molecular weight excluding hydrogens is 468 g/mol. The lowest BCUT2D eigenvalue weighted by Crippen LogP contribution is -2.36.